The molecular formula is C46H60O11Si. The highest BCUT2D eigenvalue weighted by molar-refractivity contribution is 6.76. The summed E-state index contributed by atoms with van der Waals surface area (Å²) in [5.41, 5.74) is 2.32. The van der Waals surface area contributed by atoms with E-state index < -0.39 is 44.1 Å². The van der Waals surface area contributed by atoms with Crippen molar-refractivity contribution in [3.63, 3.8) is 0 Å². The maximum absolute atomic E-state index is 13.6. The SMILES string of the molecule is COCOc1cc(OC)cc(/C=C/CC2OC(C)(C)OC2C(/C=C\C2CCC[C@@H]2OCc2ccc(OC)cc2)OC(=O)c2ccccc2)c1C(=O)OCC[Si](C)(C)C. The van der Waals surface area contributed by atoms with Gasteiger partial charge in [-0.3, -0.25) is 0 Å². The summed E-state index contributed by atoms with van der Waals surface area (Å²) in [5, 5.41) is 0. The minimum absolute atomic E-state index is 0.0109. The number of carbonyl (C=O) groups is 2. The summed E-state index contributed by atoms with van der Waals surface area (Å²) in [6.07, 6.45) is 9.11. The van der Waals surface area contributed by atoms with E-state index in [4.69, 9.17) is 42.6 Å². The van der Waals surface area contributed by atoms with Gasteiger partial charge in [0, 0.05) is 27.2 Å². The van der Waals surface area contributed by atoms with Crippen molar-refractivity contribution in [2.45, 2.75) is 102 Å². The van der Waals surface area contributed by atoms with Gasteiger partial charge < -0.3 is 42.6 Å². The third kappa shape index (κ3) is 13.0. The van der Waals surface area contributed by atoms with Gasteiger partial charge >= 0.3 is 11.9 Å². The molecule has 0 aromatic heterocycles. The number of hydrogen-bond donors (Lipinski definition) is 0. The van der Waals surface area contributed by atoms with Crippen molar-refractivity contribution in [3.05, 3.63) is 107 Å². The van der Waals surface area contributed by atoms with Crippen LogP contribution in [-0.4, -0.2) is 84.9 Å². The fraction of sp³-hybridized carbons (Fsp3) is 0.478. The minimum atomic E-state index is -1.45. The molecule has 3 aromatic rings. The van der Waals surface area contributed by atoms with E-state index in [1.165, 1.54) is 7.11 Å². The second-order valence-electron chi connectivity index (χ2n) is 16.3. The summed E-state index contributed by atoms with van der Waals surface area (Å²) in [7, 11) is 3.26. The predicted octanol–water partition coefficient (Wildman–Crippen LogP) is 9.27. The molecule has 1 saturated carbocycles. The molecule has 5 rings (SSSR count). The van der Waals surface area contributed by atoms with Crippen LogP contribution in [0.2, 0.25) is 25.7 Å². The van der Waals surface area contributed by atoms with Gasteiger partial charge in [0.15, 0.2) is 12.6 Å². The fourth-order valence-electron chi connectivity index (χ4n) is 7.03. The lowest BCUT2D eigenvalue weighted by Crippen LogP contribution is -2.37. The first-order valence-electron chi connectivity index (χ1n) is 20.0. The molecule has 11 nitrogen and oxygen atoms in total. The first kappa shape index (κ1) is 44.6. The molecule has 5 atom stereocenters. The number of rotatable bonds is 20. The molecule has 1 saturated heterocycles. The molecule has 2 aliphatic rings. The van der Waals surface area contributed by atoms with Crippen LogP contribution in [0.3, 0.4) is 0 Å². The van der Waals surface area contributed by atoms with E-state index in [2.05, 4.69) is 25.7 Å². The molecule has 0 spiro atoms. The number of esters is 2. The Kier molecular flexibility index (Phi) is 16.2. The third-order valence-corrected chi connectivity index (χ3v) is 11.8. The van der Waals surface area contributed by atoms with Crippen LogP contribution in [0.15, 0.2) is 85.0 Å². The molecule has 0 radical (unpaired) electrons. The highest BCUT2D eigenvalue weighted by Gasteiger charge is 2.45. The Bertz CT molecular complexity index is 1830. The van der Waals surface area contributed by atoms with Crippen LogP contribution in [0.1, 0.15) is 71.4 Å². The topological polar surface area (TPSA) is 117 Å². The number of carbonyl (C=O) groups excluding carboxylic acids is 2. The Hall–Kier alpha value is -4.46. The van der Waals surface area contributed by atoms with Gasteiger partial charge in [0.25, 0.3) is 0 Å². The van der Waals surface area contributed by atoms with Gasteiger partial charge in [-0.15, -0.1) is 0 Å². The average Bonchev–Trinajstić information content (AvgIpc) is 3.79. The molecule has 0 N–H and O–H groups in total. The fourth-order valence-corrected chi connectivity index (χ4v) is 7.74. The molecule has 1 aliphatic heterocycles. The van der Waals surface area contributed by atoms with Crippen molar-refractivity contribution >= 4 is 26.1 Å². The number of methoxy groups -OCH3 is 3. The molecule has 4 unspecified atom stereocenters. The van der Waals surface area contributed by atoms with Gasteiger partial charge in [-0.25, -0.2) is 9.59 Å². The Morgan fingerprint density at radius 1 is 0.914 bits per heavy atom. The molecule has 1 heterocycles. The molecule has 1 aliphatic carbocycles. The first-order chi connectivity index (χ1) is 27.8. The normalized spacial score (nSPS) is 21.0. The summed E-state index contributed by atoms with van der Waals surface area (Å²) >= 11 is 0. The standard InChI is InChI=1S/C46H60O11Si/c1-46(2)56-40(19-13-17-35-28-37(51-5)29-41(54-31-49-3)42(35)45(48)52-26-27-58(6,7)8)43(57-46)39(55-44(47)34-14-10-9-11-15-34)25-22-33-16-12-18-38(33)53-30-32-20-23-36(50-4)24-21-32/h9-11,13-15,17,20-25,28-29,33,38-40,43H,12,16,18-19,26-27,30-31H2,1-8H3/b17-13+,25-22-/t33?,38-,39?,40?,43?/m0/s1. The van der Waals surface area contributed by atoms with Crippen molar-refractivity contribution in [2.75, 3.05) is 34.7 Å². The summed E-state index contributed by atoms with van der Waals surface area (Å²) in [5.74, 6) is -0.216. The van der Waals surface area contributed by atoms with Crippen molar-refractivity contribution < 1.29 is 52.2 Å². The van der Waals surface area contributed by atoms with Crippen LogP contribution in [0.25, 0.3) is 6.08 Å². The van der Waals surface area contributed by atoms with Crippen molar-refractivity contribution in [2.24, 2.45) is 5.92 Å². The lowest BCUT2D eigenvalue weighted by atomic mass is 9.99. The molecular weight excluding hydrogens is 757 g/mol. The third-order valence-electron chi connectivity index (χ3n) is 10.1. The Labute approximate surface area is 344 Å². The zero-order valence-electron chi connectivity index (χ0n) is 35.2. The van der Waals surface area contributed by atoms with E-state index in [1.807, 2.05) is 62.4 Å². The highest BCUT2D eigenvalue weighted by Crippen LogP contribution is 2.37. The highest BCUT2D eigenvalue weighted by atomic mass is 28.3. The number of benzene rings is 3. The Morgan fingerprint density at radius 3 is 2.34 bits per heavy atom. The van der Waals surface area contributed by atoms with Gasteiger partial charge in [-0.05, 0) is 86.7 Å². The first-order valence-corrected chi connectivity index (χ1v) is 23.7. The molecule has 2 fully saturated rings. The van der Waals surface area contributed by atoms with Gasteiger partial charge in [0.1, 0.15) is 35.0 Å². The zero-order valence-corrected chi connectivity index (χ0v) is 36.2. The number of ether oxygens (including phenoxy) is 9. The van der Waals surface area contributed by atoms with E-state index >= 15 is 0 Å². The van der Waals surface area contributed by atoms with Crippen LogP contribution in [-0.2, 0) is 35.0 Å². The Balaban J connectivity index is 1.39. The Morgan fingerprint density at radius 2 is 1.66 bits per heavy atom. The summed E-state index contributed by atoms with van der Waals surface area (Å²) < 4.78 is 53.3. The van der Waals surface area contributed by atoms with Gasteiger partial charge in [0.2, 0.25) is 0 Å². The summed E-state index contributed by atoms with van der Waals surface area (Å²) in [6, 6.07) is 21.0. The van der Waals surface area contributed by atoms with E-state index in [0.717, 1.165) is 36.6 Å². The quantitative estimate of drug-likeness (QED) is 0.0470. The molecule has 58 heavy (non-hydrogen) atoms. The van der Waals surface area contributed by atoms with Gasteiger partial charge in [-0.2, -0.15) is 0 Å². The molecule has 0 bridgehead atoms. The van der Waals surface area contributed by atoms with E-state index in [0.29, 0.717) is 36.5 Å². The van der Waals surface area contributed by atoms with Crippen LogP contribution in [0, 0.1) is 5.92 Å². The maximum atomic E-state index is 13.6. The largest absolute Gasteiger partial charge is 0.497 e. The minimum Gasteiger partial charge on any atom is -0.497 e. The van der Waals surface area contributed by atoms with Crippen molar-refractivity contribution in [3.8, 4) is 17.2 Å². The second-order valence-corrected chi connectivity index (χ2v) is 21.9. The van der Waals surface area contributed by atoms with Gasteiger partial charge in [0.05, 0.1) is 45.2 Å². The van der Waals surface area contributed by atoms with E-state index in [-0.39, 0.29) is 30.1 Å². The van der Waals surface area contributed by atoms with Crippen LogP contribution < -0.4 is 14.2 Å². The van der Waals surface area contributed by atoms with Gasteiger partial charge in [-0.1, -0.05) is 74.6 Å². The van der Waals surface area contributed by atoms with E-state index in [9.17, 15) is 9.59 Å². The summed E-state index contributed by atoms with van der Waals surface area (Å²) in [4.78, 5) is 27.2. The zero-order chi connectivity index (χ0) is 41.7. The van der Waals surface area contributed by atoms with E-state index in [1.54, 1.807) is 50.6 Å². The molecule has 3 aromatic carbocycles. The molecule has 314 valence electrons. The van der Waals surface area contributed by atoms with Crippen LogP contribution in [0.4, 0.5) is 0 Å². The maximum Gasteiger partial charge on any atom is 0.342 e. The molecule has 12 heteroatoms. The smallest absolute Gasteiger partial charge is 0.342 e. The van der Waals surface area contributed by atoms with Crippen molar-refractivity contribution in [1.29, 1.82) is 0 Å². The predicted molar refractivity (Wildman–Crippen MR) is 225 cm³/mol. The van der Waals surface area contributed by atoms with Crippen molar-refractivity contribution in [1.82, 2.24) is 0 Å². The lowest BCUT2D eigenvalue weighted by Gasteiger charge is -2.25. The number of hydrogen-bond acceptors (Lipinski definition) is 11. The monoisotopic (exact) mass is 816 g/mol. The van der Waals surface area contributed by atoms with Crippen LogP contribution >= 0.6 is 0 Å². The summed E-state index contributed by atoms with van der Waals surface area (Å²) in [6.45, 7) is 11.1. The lowest BCUT2D eigenvalue weighted by molar-refractivity contribution is -0.152. The second kappa shape index (κ2) is 21.0. The molecule has 0 amide bonds. The van der Waals surface area contributed by atoms with Crippen LogP contribution in [0.5, 0.6) is 17.2 Å². The average molecular weight is 817 g/mol.